The van der Waals surface area contributed by atoms with Crippen LogP contribution in [0.4, 0.5) is 10.1 Å². The summed E-state index contributed by atoms with van der Waals surface area (Å²) in [5.74, 6) is -3.61. The molecule has 1 aliphatic rings. The average molecular weight is 394 g/mol. The van der Waals surface area contributed by atoms with E-state index < -0.39 is 40.6 Å². The third-order valence-electron chi connectivity index (χ3n) is 5.05. The largest absolute Gasteiger partial charge is 0.453 e. The minimum Gasteiger partial charge on any atom is -0.453 e. The van der Waals surface area contributed by atoms with Gasteiger partial charge in [0, 0.05) is 28.9 Å². The number of hydrogen-bond donors (Lipinski definition) is 1. The van der Waals surface area contributed by atoms with Crippen LogP contribution in [0.5, 0.6) is 0 Å². The maximum absolute atomic E-state index is 13.5. The Morgan fingerprint density at radius 3 is 2.71 bits per heavy atom. The molecule has 1 aliphatic carbocycles. The molecule has 1 aromatic rings. The van der Waals surface area contributed by atoms with Crippen LogP contribution in [0.3, 0.4) is 0 Å². The molecule has 0 spiro atoms. The van der Waals surface area contributed by atoms with Gasteiger partial charge in [0.15, 0.2) is 6.10 Å². The first-order valence-electron chi connectivity index (χ1n) is 8.99. The Balaban J connectivity index is 1.93. The molecule has 2 rings (SSSR count). The molecule has 8 nitrogen and oxygen atoms in total. The lowest BCUT2D eigenvalue weighted by molar-refractivity contribution is -0.490. The maximum atomic E-state index is 13.5. The summed E-state index contributed by atoms with van der Waals surface area (Å²) >= 11 is 0. The molecule has 1 saturated carbocycles. The van der Waals surface area contributed by atoms with Crippen molar-refractivity contribution in [2.24, 2.45) is 17.8 Å². The van der Waals surface area contributed by atoms with Crippen molar-refractivity contribution in [3.05, 3.63) is 39.7 Å². The number of nitrogens with zero attached hydrogens (tertiary/aromatic N) is 1. The summed E-state index contributed by atoms with van der Waals surface area (Å²) in [4.78, 5) is 46.7. The van der Waals surface area contributed by atoms with Crippen LogP contribution >= 0.6 is 0 Å². The summed E-state index contributed by atoms with van der Waals surface area (Å²) in [6.07, 6.45) is -1.29. The van der Waals surface area contributed by atoms with Gasteiger partial charge in [-0.2, -0.15) is 0 Å². The quantitative estimate of drug-likeness (QED) is 0.432. The third kappa shape index (κ3) is 5.34. The molecule has 1 fully saturated rings. The van der Waals surface area contributed by atoms with Crippen molar-refractivity contribution in [2.45, 2.75) is 39.7 Å². The van der Waals surface area contributed by atoms with Crippen LogP contribution in [-0.4, -0.2) is 35.2 Å². The van der Waals surface area contributed by atoms with E-state index in [2.05, 4.69) is 5.32 Å². The smallest absolute Gasteiger partial charge is 0.307 e. The highest BCUT2D eigenvalue weighted by Crippen LogP contribution is 2.36. The van der Waals surface area contributed by atoms with E-state index in [1.54, 1.807) is 13.8 Å². The number of ketones is 1. The Morgan fingerprint density at radius 2 is 2.11 bits per heavy atom. The number of rotatable bonds is 7. The van der Waals surface area contributed by atoms with Crippen molar-refractivity contribution < 1.29 is 28.4 Å². The van der Waals surface area contributed by atoms with Crippen molar-refractivity contribution in [3.63, 3.8) is 0 Å². The van der Waals surface area contributed by atoms with Gasteiger partial charge < -0.3 is 10.1 Å². The summed E-state index contributed by atoms with van der Waals surface area (Å²) in [7, 11) is 0. The number of ether oxygens (including phenoxy) is 1. The number of amides is 1. The number of Topliss-reactive ketones (excluding diaryl/α,β-unsaturated/α-hetero) is 1. The molecule has 1 aromatic carbocycles. The maximum Gasteiger partial charge on any atom is 0.307 e. The van der Waals surface area contributed by atoms with Gasteiger partial charge in [0.1, 0.15) is 11.6 Å². The van der Waals surface area contributed by atoms with E-state index in [1.807, 2.05) is 0 Å². The Labute approximate surface area is 161 Å². The van der Waals surface area contributed by atoms with Crippen LogP contribution in [0, 0.1) is 40.6 Å². The summed E-state index contributed by atoms with van der Waals surface area (Å²) in [6.45, 7) is 4.29. The predicted molar refractivity (Wildman–Crippen MR) is 97.6 cm³/mol. The molecule has 1 N–H and O–H groups in total. The van der Waals surface area contributed by atoms with Crippen molar-refractivity contribution in [3.8, 4) is 0 Å². The van der Waals surface area contributed by atoms with Crippen molar-refractivity contribution >= 4 is 23.3 Å². The number of nitrogens with one attached hydrogen (secondary N) is 1. The summed E-state index contributed by atoms with van der Waals surface area (Å²) in [5, 5.41) is 13.3. The molecular formula is C19H23FN2O6. The van der Waals surface area contributed by atoms with Gasteiger partial charge in [-0.05, 0) is 37.5 Å². The number of aryl methyl sites for hydroxylation is 1. The number of carbonyl (C=O) groups is 3. The van der Waals surface area contributed by atoms with Crippen molar-refractivity contribution in [1.29, 1.82) is 0 Å². The Morgan fingerprint density at radius 1 is 1.43 bits per heavy atom. The minimum atomic E-state index is -1.17. The van der Waals surface area contributed by atoms with E-state index in [0.29, 0.717) is 5.56 Å². The first-order chi connectivity index (χ1) is 13.1. The zero-order valence-corrected chi connectivity index (χ0v) is 15.9. The molecule has 28 heavy (non-hydrogen) atoms. The van der Waals surface area contributed by atoms with Crippen molar-refractivity contribution in [2.75, 3.05) is 11.9 Å². The average Bonchev–Trinajstić information content (AvgIpc) is 2.84. The summed E-state index contributed by atoms with van der Waals surface area (Å²) < 4.78 is 18.6. The highest BCUT2D eigenvalue weighted by atomic mass is 19.1. The fourth-order valence-corrected chi connectivity index (χ4v) is 3.39. The number of anilines is 1. The minimum absolute atomic E-state index is 0.186. The lowest BCUT2D eigenvalue weighted by atomic mass is 9.88. The fourth-order valence-electron chi connectivity index (χ4n) is 3.39. The molecule has 0 saturated heterocycles. The summed E-state index contributed by atoms with van der Waals surface area (Å²) in [5.41, 5.74) is 0.652. The van der Waals surface area contributed by atoms with Gasteiger partial charge in [0.05, 0.1) is 6.42 Å². The topological polar surface area (TPSA) is 116 Å². The molecule has 0 unspecified atom stereocenters. The first kappa shape index (κ1) is 21.5. The van der Waals surface area contributed by atoms with E-state index >= 15 is 0 Å². The van der Waals surface area contributed by atoms with Crippen LogP contribution in [0.2, 0.25) is 0 Å². The van der Waals surface area contributed by atoms with Gasteiger partial charge in [0.25, 0.3) is 5.91 Å². The third-order valence-corrected chi connectivity index (χ3v) is 5.05. The van der Waals surface area contributed by atoms with Gasteiger partial charge in [-0.15, -0.1) is 0 Å². The second-order valence-electron chi connectivity index (χ2n) is 7.22. The Kier molecular flexibility index (Phi) is 6.82. The molecular weight excluding hydrogens is 371 g/mol. The van der Waals surface area contributed by atoms with Crippen LogP contribution in [0.25, 0.3) is 0 Å². The number of esters is 1. The van der Waals surface area contributed by atoms with Crippen LogP contribution in [-0.2, 0) is 19.1 Å². The first-order valence-corrected chi connectivity index (χ1v) is 8.99. The highest BCUT2D eigenvalue weighted by Gasteiger charge is 2.44. The number of nitro groups is 1. The zero-order valence-electron chi connectivity index (χ0n) is 15.9. The number of hydrogen-bond acceptors (Lipinski definition) is 6. The Hall–Kier alpha value is -2.84. The lowest BCUT2D eigenvalue weighted by Gasteiger charge is -2.18. The molecule has 0 heterocycles. The van der Waals surface area contributed by atoms with E-state index in [0.717, 1.165) is 6.07 Å². The standard InChI is InChI=1S/C19H23FN2O6/c1-10-4-5-13(7-16(10)20)21-19(25)12(3)28-18(24)8-14-15(9-22(26)27)11(2)6-17(14)23/h4-5,7,11-12,14-15H,6,8-9H2,1-3H3,(H,21,25)/t11-,12-,14-,15-/m1/s1. The molecule has 1 amide bonds. The van der Waals surface area contributed by atoms with E-state index in [-0.39, 0.29) is 36.8 Å². The SMILES string of the molecule is Cc1ccc(NC(=O)[C@@H](C)OC(=O)C[C@H]2C(=O)C[C@@H](C)[C@H]2C[N+](=O)[O-])cc1F. The van der Waals surface area contributed by atoms with Gasteiger partial charge in [-0.25, -0.2) is 4.39 Å². The second-order valence-corrected chi connectivity index (χ2v) is 7.22. The molecule has 0 aromatic heterocycles. The fraction of sp³-hybridized carbons (Fsp3) is 0.526. The van der Waals surface area contributed by atoms with Crippen molar-refractivity contribution in [1.82, 2.24) is 0 Å². The van der Waals surface area contributed by atoms with E-state index in [1.165, 1.54) is 19.1 Å². The number of benzene rings is 1. The monoisotopic (exact) mass is 394 g/mol. The zero-order chi connectivity index (χ0) is 21.0. The number of halogens is 1. The normalized spacial score (nSPS) is 22.6. The van der Waals surface area contributed by atoms with Gasteiger partial charge in [-0.1, -0.05) is 13.0 Å². The van der Waals surface area contributed by atoms with Gasteiger partial charge >= 0.3 is 5.97 Å². The van der Waals surface area contributed by atoms with Gasteiger partial charge in [0.2, 0.25) is 6.54 Å². The highest BCUT2D eigenvalue weighted by molar-refractivity contribution is 5.95. The lowest BCUT2D eigenvalue weighted by Crippen LogP contribution is -2.32. The molecule has 0 bridgehead atoms. The van der Waals surface area contributed by atoms with E-state index in [4.69, 9.17) is 4.74 Å². The van der Waals surface area contributed by atoms with Crippen LogP contribution < -0.4 is 5.32 Å². The summed E-state index contributed by atoms with van der Waals surface area (Å²) in [6, 6.07) is 4.18. The second kappa shape index (κ2) is 8.90. The Bertz CT molecular complexity index is 797. The van der Waals surface area contributed by atoms with E-state index in [9.17, 15) is 28.9 Å². The molecule has 9 heteroatoms. The van der Waals surface area contributed by atoms with Crippen LogP contribution in [0.1, 0.15) is 32.3 Å². The van der Waals surface area contributed by atoms with Crippen LogP contribution in [0.15, 0.2) is 18.2 Å². The predicted octanol–water partition coefficient (Wildman–Crippen LogP) is 2.51. The molecule has 0 radical (unpaired) electrons. The molecule has 4 atom stereocenters. The molecule has 152 valence electrons. The van der Waals surface area contributed by atoms with Gasteiger partial charge in [-0.3, -0.25) is 24.5 Å². The molecule has 0 aliphatic heterocycles. The number of carbonyl (C=O) groups excluding carboxylic acids is 3.